The number of ether oxygens (including phenoxy) is 5. The van der Waals surface area contributed by atoms with Crippen LogP contribution in [0.5, 0.6) is 11.5 Å². The van der Waals surface area contributed by atoms with Gasteiger partial charge in [-0.05, 0) is 36.8 Å². The number of aryl methyl sites for hydroxylation is 2. The number of carbonyl (C=O) groups excluding carboxylic acids is 3. The molecule has 0 saturated heterocycles. The van der Waals surface area contributed by atoms with Crippen LogP contribution in [0.25, 0.3) is 0 Å². The summed E-state index contributed by atoms with van der Waals surface area (Å²) in [5.41, 5.74) is 4.30. The highest BCUT2D eigenvalue weighted by Crippen LogP contribution is 2.53. The average Bonchev–Trinajstić information content (AvgIpc) is 3.83. The lowest BCUT2D eigenvalue weighted by Crippen LogP contribution is -2.26. The Morgan fingerprint density at radius 1 is 0.755 bits per heavy atom. The Morgan fingerprint density at radius 3 is 1.67 bits per heavy atom. The molecule has 4 N–H and O–H groups in total. The van der Waals surface area contributed by atoms with E-state index in [-0.39, 0.29) is 73.1 Å². The SMILES string of the molecule is CO.COC(=O)CCCc1cccc2c1O[C@H]1C[C@@H](O)[C@H](CO)[C@@H]21.COC(=O)CCCc1cccc2c1O[C@H]1C[C@@H](OC(C)=O)[C@H](CO)[C@@H]21. The van der Waals surface area contributed by atoms with E-state index < -0.39 is 6.10 Å². The van der Waals surface area contributed by atoms with Gasteiger partial charge in [0.05, 0.1) is 26.9 Å². The van der Waals surface area contributed by atoms with E-state index in [9.17, 15) is 29.7 Å². The summed E-state index contributed by atoms with van der Waals surface area (Å²) in [7, 11) is 3.79. The molecular formula is C37H50O12. The largest absolute Gasteiger partial charge is 0.489 e. The zero-order valence-electron chi connectivity index (χ0n) is 28.7. The molecule has 2 aliphatic heterocycles. The van der Waals surface area contributed by atoms with Crippen LogP contribution >= 0.6 is 0 Å². The zero-order chi connectivity index (χ0) is 35.7. The minimum atomic E-state index is -0.504. The lowest BCUT2D eigenvalue weighted by Gasteiger charge is -2.21. The van der Waals surface area contributed by atoms with Crippen molar-refractivity contribution in [2.45, 2.75) is 94.5 Å². The predicted octanol–water partition coefficient (Wildman–Crippen LogP) is 2.98. The highest BCUT2D eigenvalue weighted by molar-refractivity contribution is 5.69. The second-order valence-electron chi connectivity index (χ2n) is 12.8. The summed E-state index contributed by atoms with van der Waals surface area (Å²) in [6.45, 7) is 1.31. The van der Waals surface area contributed by atoms with E-state index in [0.29, 0.717) is 38.5 Å². The molecule has 12 nitrogen and oxygen atoms in total. The van der Waals surface area contributed by atoms with Gasteiger partial charge in [0.25, 0.3) is 0 Å². The van der Waals surface area contributed by atoms with Gasteiger partial charge in [0.2, 0.25) is 0 Å². The van der Waals surface area contributed by atoms with Gasteiger partial charge in [-0.2, -0.15) is 0 Å². The van der Waals surface area contributed by atoms with Crippen LogP contribution in [0.1, 0.15) is 79.5 Å². The maximum atomic E-state index is 11.3. The topological polar surface area (TPSA) is 178 Å². The lowest BCUT2D eigenvalue weighted by molar-refractivity contribution is -0.149. The summed E-state index contributed by atoms with van der Waals surface area (Å²) in [4.78, 5) is 33.8. The van der Waals surface area contributed by atoms with Gasteiger partial charge < -0.3 is 44.1 Å². The number of carbonyl (C=O) groups is 3. The number of hydrogen-bond acceptors (Lipinski definition) is 12. The molecule has 2 fully saturated rings. The number of para-hydroxylation sites is 2. The number of methoxy groups -OCH3 is 2. The first-order chi connectivity index (χ1) is 23.7. The third kappa shape index (κ3) is 8.54. The van der Waals surface area contributed by atoms with Gasteiger partial charge in [-0.25, -0.2) is 0 Å². The number of fused-ring (bicyclic) bond motifs is 6. The Labute approximate surface area is 287 Å². The van der Waals surface area contributed by atoms with E-state index in [2.05, 4.69) is 9.47 Å². The van der Waals surface area contributed by atoms with Crippen molar-refractivity contribution >= 4 is 17.9 Å². The van der Waals surface area contributed by atoms with Crippen LogP contribution in [0.3, 0.4) is 0 Å². The van der Waals surface area contributed by atoms with Gasteiger partial charge in [0.15, 0.2) is 0 Å². The first-order valence-corrected chi connectivity index (χ1v) is 16.9. The zero-order valence-corrected chi connectivity index (χ0v) is 28.7. The molecule has 8 atom stereocenters. The van der Waals surface area contributed by atoms with Crippen LogP contribution in [0.15, 0.2) is 36.4 Å². The van der Waals surface area contributed by atoms with E-state index in [0.717, 1.165) is 53.7 Å². The predicted molar refractivity (Wildman–Crippen MR) is 177 cm³/mol. The fraction of sp³-hybridized carbons (Fsp3) is 0.595. The van der Waals surface area contributed by atoms with Gasteiger partial charge in [0, 0.05) is 81.1 Å². The van der Waals surface area contributed by atoms with Crippen molar-refractivity contribution < 1.29 is 58.5 Å². The summed E-state index contributed by atoms with van der Waals surface area (Å²) in [5.74, 6) is 0.788. The van der Waals surface area contributed by atoms with Crippen molar-refractivity contribution in [3.8, 4) is 11.5 Å². The number of aliphatic hydroxyl groups excluding tert-OH is 4. The highest BCUT2D eigenvalue weighted by Gasteiger charge is 2.52. The molecule has 0 unspecified atom stereocenters. The fourth-order valence-corrected chi connectivity index (χ4v) is 7.82. The third-order valence-electron chi connectivity index (χ3n) is 9.99. The molecule has 6 rings (SSSR count). The summed E-state index contributed by atoms with van der Waals surface area (Å²) < 4.78 is 26.9. The minimum absolute atomic E-state index is 0.0301. The molecule has 4 aliphatic rings. The fourth-order valence-electron chi connectivity index (χ4n) is 7.82. The molecule has 0 spiro atoms. The van der Waals surface area contributed by atoms with Crippen LogP contribution < -0.4 is 9.47 Å². The molecule has 49 heavy (non-hydrogen) atoms. The van der Waals surface area contributed by atoms with E-state index in [4.69, 9.17) is 19.3 Å². The molecule has 2 aromatic carbocycles. The molecule has 2 aliphatic carbocycles. The molecule has 0 bridgehead atoms. The third-order valence-corrected chi connectivity index (χ3v) is 9.99. The summed E-state index contributed by atoms with van der Waals surface area (Å²) in [6.07, 6.45) is 3.87. The van der Waals surface area contributed by atoms with Crippen molar-refractivity contribution in [2.75, 3.05) is 34.5 Å². The summed E-state index contributed by atoms with van der Waals surface area (Å²) >= 11 is 0. The number of aliphatic hydroxyl groups is 4. The molecule has 12 heteroatoms. The Morgan fingerprint density at radius 2 is 1.22 bits per heavy atom. The van der Waals surface area contributed by atoms with Crippen molar-refractivity contribution in [3.05, 3.63) is 58.7 Å². The maximum Gasteiger partial charge on any atom is 0.305 e. The van der Waals surface area contributed by atoms with Gasteiger partial charge in [-0.3, -0.25) is 14.4 Å². The number of rotatable bonds is 11. The van der Waals surface area contributed by atoms with Crippen molar-refractivity contribution in [1.29, 1.82) is 0 Å². The van der Waals surface area contributed by atoms with Gasteiger partial charge in [-0.1, -0.05) is 36.4 Å². The minimum Gasteiger partial charge on any atom is -0.489 e. The van der Waals surface area contributed by atoms with Gasteiger partial charge in [0.1, 0.15) is 29.8 Å². The molecule has 2 saturated carbocycles. The van der Waals surface area contributed by atoms with E-state index in [1.807, 2.05) is 36.4 Å². The Hall–Kier alpha value is -3.71. The van der Waals surface area contributed by atoms with E-state index in [1.165, 1.54) is 21.1 Å². The van der Waals surface area contributed by atoms with Crippen LogP contribution in [0.4, 0.5) is 0 Å². The second-order valence-corrected chi connectivity index (χ2v) is 12.8. The molecule has 2 aromatic rings. The van der Waals surface area contributed by atoms with Crippen molar-refractivity contribution in [3.63, 3.8) is 0 Å². The van der Waals surface area contributed by atoms with Crippen molar-refractivity contribution in [2.24, 2.45) is 11.8 Å². The highest BCUT2D eigenvalue weighted by atomic mass is 16.6. The van der Waals surface area contributed by atoms with Crippen LogP contribution in [-0.4, -0.2) is 97.3 Å². The molecule has 2 heterocycles. The molecular weight excluding hydrogens is 636 g/mol. The second kappa shape index (κ2) is 17.8. The van der Waals surface area contributed by atoms with E-state index >= 15 is 0 Å². The molecule has 270 valence electrons. The van der Waals surface area contributed by atoms with Crippen LogP contribution in [0, 0.1) is 11.8 Å². The first-order valence-electron chi connectivity index (χ1n) is 16.9. The van der Waals surface area contributed by atoms with Gasteiger partial charge >= 0.3 is 17.9 Å². The Balaban J connectivity index is 0.000000212. The number of hydrogen-bond donors (Lipinski definition) is 4. The number of benzene rings is 2. The quantitative estimate of drug-likeness (QED) is 0.201. The molecule has 0 amide bonds. The normalized spacial score (nSPS) is 26.6. The first kappa shape index (κ1) is 38.1. The Bertz CT molecular complexity index is 1430. The average molecular weight is 687 g/mol. The standard InChI is InChI=1S/C19H24O6.C17H22O5.CH4O/c1-11(21)24-15-9-16-18(14(15)10-20)13-7-3-5-12(19(13)25-16)6-4-8-17(22)23-2;1-21-15(20)7-3-5-10-4-2-6-11-16-12(9-18)13(19)8-14(16)22-17(10)11;1-2/h3,5,7,14-16,18,20H,4,6,8-10H2,1-2H3;2,4,6,12-14,16,18-19H,3,5,7-9H2,1H3;2H,1H3/t14-,15+,16-,18+;12-,13+,14-,16+;/m00./s1. The van der Waals surface area contributed by atoms with E-state index in [1.54, 1.807) is 0 Å². The lowest BCUT2D eigenvalue weighted by atomic mass is 9.87. The molecule has 0 aromatic heterocycles. The van der Waals surface area contributed by atoms with Gasteiger partial charge in [-0.15, -0.1) is 0 Å². The monoisotopic (exact) mass is 686 g/mol. The number of esters is 3. The maximum absolute atomic E-state index is 11.3. The smallest absolute Gasteiger partial charge is 0.305 e. The van der Waals surface area contributed by atoms with Crippen LogP contribution in [0.2, 0.25) is 0 Å². The van der Waals surface area contributed by atoms with Crippen molar-refractivity contribution in [1.82, 2.24) is 0 Å². The molecule has 0 radical (unpaired) electrons. The summed E-state index contributed by atoms with van der Waals surface area (Å²) in [5, 5.41) is 36.4. The van der Waals surface area contributed by atoms with Crippen LogP contribution in [-0.2, 0) is 41.4 Å². The Kier molecular flexibility index (Phi) is 13.8. The summed E-state index contributed by atoms with van der Waals surface area (Å²) in [6, 6.07) is 12.0.